The number of rotatable bonds is 5. The van der Waals surface area contributed by atoms with Crippen LogP contribution in [-0.2, 0) is 10.0 Å². The zero-order valence-electron chi connectivity index (χ0n) is 8.10. The second-order valence-electron chi connectivity index (χ2n) is 3.09. The molecule has 0 saturated heterocycles. The Morgan fingerprint density at radius 2 is 2.33 bits per heavy atom. The predicted molar refractivity (Wildman–Crippen MR) is 63.5 cm³/mol. The second kappa shape index (κ2) is 5.40. The summed E-state index contributed by atoms with van der Waals surface area (Å²) in [5.41, 5.74) is 0. The van der Waals surface area contributed by atoms with Crippen LogP contribution in [0.3, 0.4) is 0 Å². The molecule has 86 valence electrons. The second-order valence-corrected chi connectivity index (χ2v) is 6.82. The van der Waals surface area contributed by atoms with Gasteiger partial charge in [-0.2, -0.15) is 0 Å². The van der Waals surface area contributed by atoms with E-state index >= 15 is 0 Å². The van der Waals surface area contributed by atoms with Crippen molar-refractivity contribution in [2.24, 2.45) is 0 Å². The third-order valence-corrected chi connectivity index (χ3v) is 5.81. The lowest BCUT2D eigenvalue weighted by Crippen LogP contribution is -2.26. The van der Waals surface area contributed by atoms with Crippen molar-refractivity contribution < 1.29 is 13.5 Å². The molecule has 1 unspecified atom stereocenters. The van der Waals surface area contributed by atoms with Gasteiger partial charge in [0.05, 0.1) is 6.10 Å². The minimum atomic E-state index is -3.43. The first-order valence-corrected chi connectivity index (χ1v) is 7.50. The fourth-order valence-corrected chi connectivity index (χ4v) is 4.37. The Balaban J connectivity index is 2.65. The highest BCUT2D eigenvalue weighted by Gasteiger charge is 2.18. The lowest BCUT2D eigenvalue weighted by Gasteiger charge is -2.06. The quantitative estimate of drug-likeness (QED) is 0.867. The van der Waals surface area contributed by atoms with Crippen LogP contribution < -0.4 is 4.72 Å². The molecule has 1 aromatic rings. The molecular formula is C8H12BrNO3S2. The molecule has 1 atom stereocenters. The summed E-state index contributed by atoms with van der Waals surface area (Å²) < 4.78 is 26.6. The molecule has 0 aliphatic rings. The summed E-state index contributed by atoms with van der Waals surface area (Å²) in [4.78, 5) is 0. The van der Waals surface area contributed by atoms with Crippen LogP contribution >= 0.6 is 27.3 Å². The van der Waals surface area contributed by atoms with Crippen LogP contribution in [-0.4, -0.2) is 26.2 Å². The molecule has 0 amide bonds. The number of halogens is 1. The predicted octanol–water partition coefficient (Wildman–Crippen LogP) is 1.56. The number of thiophene rings is 1. The van der Waals surface area contributed by atoms with Crippen molar-refractivity contribution in [1.82, 2.24) is 4.72 Å². The monoisotopic (exact) mass is 313 g/mol. The third kappa shape index (κ3) is 3.84. The molecule has 0 fully saturated rings. The maximum atomic E-state index is 11.7. The van der Waals surface area contributed by atoms with E-state index in [1.807, 2.05) is 0 Å². The first-order chi connectivity index (χ1) is 6.93. The van der Waals surface area contributed by atoms with Gasteiger partial charge in [0.2, 0.25) is 0 Å². The van der Waals surface area contributed by atoms with E-state index in [0.717, 1.165) is 11.3 Å². The summed E-state index contributed by atoms with van der Waals surface area (Å²) in [6.07, 6.45) is -0.0955. The first-order valence-electron chi connectivity index (χ1n) is 4.34. The van der Waals surface area contributed by atoms with Gasteiger partial charge in [0.1, 0.15) is 4.21 Å². The lowest BCUT2D eigenvalue weighted by molar-refractivity contribution is 0.186. The van der Waals surface area contributed by atoms with Gasteiger partial charge in [-0.1, -0.05) is 0 Å². The van der Waals surface area contributed by atoms with Gasteiger partial charge >= 0.3 is 0 Å². The maximum Gasteiger partial charge on any atom is 0.251 e. The molecule has 1 rings (SSSR count). The molecule has 15 heavy (non-hydrogen) atoms. The van der Waals surface area contributed by atoms with Gasteiger partial charge in [0.15, 0.2) is 0 Å². The number of sulfonamides is 1. The molecule has 0 saturated carbocycles. The van der Waals surface area contributed by atoms with Crippen LogP contribution in [0.4, 0.5) is 0 Å². The molecule has 1 aromatic heterocycles. The fourth-order valence-electron chi connectivity index (χ4n) is 0.939. The molecule has 0 bridgehead atoms. The van der Waals surface area contributed by atoms with Gasteiger partial charge in [-0.15, -0.1) is 11.3 Å². The van der Waals surface area contributed by atoms with E-state index in [0.29, 0.717) is 10.9 Å². The topological polar surface area (TPSA) is 66.4 Å². The van der Waals surface area contributed by atoms with Gasteiger partial charge in [-0.05, 0) is 40.7 Å². The molecule has 0 radical (unpaired) electrons. The summed E-state index contributed by atoms with van der Waals surface area (Å²) in [7, 11) is -3.43. The van der Waals surface area contributed by atoms with Gasteiger partial charge < -0.3 is 5.11 Å². The van der Waals surface area contributed by atoms with E-state index in [4.69, 9.17) is 5.11 Å². The van der Waals surface area contributed by atoms with Crippen molar-refractivity contribution >= 4 is 37.3 Å². The third-order valence-electron chi connectivity index (χ3n) is 1.68. The zero-order chi connectivity index (χ0) is 11.5. The van der Waals surface area contributed by atoms with Crippen molar-refractivity contribution in [3.8, 4) is 0 Å². The molecule has 4 nitrogen and oxygen atoms in total. The van der Waals surface area contributed by atoms with Crippen LogP contribution in [0, 0.1) is 0 Å². The molecule has 0 aromatic carbocycles. The summed E-state index contributed by atoms with van der Waals surface area (Å²) in [6.45, 7) is 1.86. The number of aliphatic hydroxyl groups excluding tert-OH is 1. The minimum Gasteiger partial charge on any atom is -0.393 e. The van der Waals surface area contributed by atoms with Crippen LogP contribution in [0.1, 0.15) is 13.3 Å². The van der Waals surface area contributed by atoms with Crippen LogP contribution in [0.25, 0.3) is 0 Å². The summed E-state index contributed by atoms with van der Waals surface area (Å²) >= 11 is 4.32. The number of hydrogen-bond donors (Lipinski definition) is 2. The molecular weight excluding hydrogens is 302 g/mol. The summed E-state index contributed by atoms with van der Waals surface area (Å²) in [6, 6.07) is 1.69. The van der Waals surface area contributed by atoms with E-state index in [9.17, 15) is 8.42 Å². The van der Waals surface area contributed by atoms with Gasteiger partial charge in [-0.3, -0.25) is 0 Å². The first kappa shape index (κ1) is 13.1. The Labute approximate surface area is 102 Å². The molecule has 2 N–H and O–H groups in total. The molecule has 0 aliphatic carbocycles. The van der Waals surface area contributed by atoms with E-state index in [1.54, 1.807) is 18.4 Å². The normalized spacial score (nSPS) is 14.1. The molecule has 0 spiro atoms. The zero-order valence-corrected chi connectivity index (χ0v) is 11.3. The highest BCUT2D eigenvalue weighted by molar-refractivity contribution is 9.10. The van der Waals surface area contributed by atoms with Gasteiger partial charge in [-0.25, -0.2) is 13.1 Å². The van der Waals surface area contributed by atoms with E-state index in [1.165, 1.54) is 0 Å². The Hall–Kier alpha value is 0.0500. The largest absolute Gasteiger partial charge is 0.393 e. The lowest BCUT2D eigenvalue weighted by atomic mass is 10.3. The van der Waals surface area contributed by atoms with Crippen molar-refractivity contribution in [3.05, 3.63) is 15.9 Å². The molecule has 1 heterocycles. The van der Waals surface area contributed by atoms with Crippen LogP contribution in [0.15, 0.2) is 20.1 Å². The SMILES string of the molecule is CC(O)CCNS(=O)(=O)c1sccc1Br. The fraction of sp³-hybridized carbons (Fsp3) is 0.500. The smallest absolute Gasteiger partial charge is 0.251 e. The van der Waals surface area contributed by atoms with Gasteiger partial charge in [0.25, 0.3) is 10.0 Å². The van der Waals surface area contributed by atoms with Gasteiger partial charge in [0, 0.05) is 11.0 Å². The van der Waals surface area contributed by atoms with Crippen molar-refractivity contribution in [2.45, 2.75) is 23.7 Å². The Kier molecular flexibility index (Phi) is 4.72. The average Bonchev–Trinajstić information content (AvgIpc) is 2.50. The summed E-state index contributed by atoms with van der Waals surface area (Å²) in [5, 5.41) is 10.7. The highest BCUT2D eigenvalue weighted by Crippen LogP contribution is 2.27. The van der Waals surface area contributed by atoms with E-state index < -0.39 is 16.1 Å². The number of aliphatic hydroxyl groups is 1. The Morgan fingerprint density at radius 1 is 1.67 bits per heavy atom. The van der Waals surface area contributed by atoms with E-state index in [-0.39, 0.29) is 10.8 Å². The van der Waals surface area contributed by atoms with Crippen molar-refractivity contribution in [1.29, 1.82) is 0 Å². The number of nitrogens with one attached hydrogen (secondary N) is 1. The summed E-state index contributed by atoms with van der Waals surface area (Å²) in [5.74, 6) is 0. The van der Waals surface area contributed by atoms with Crippen LogP contribution in [0.5, 0.6) is 0 Å². The van der Waals surface area contributed by atoms with Crippen molar-refractivity contribution in [3.63, 3.8) is 0 Å². The van der Waals surface area contributed by atoms with Crippen LogP contribution in [0.2, 0.25) is 0 Å². The average molecular weight is 314 g/mol. The molecule has 0 aliphatic heterocycles. The minimum absolute atomic E-state index is 0.240. The van der Waals surface area contributed by atoms with Crippen molar-refractivity contribution in [2.75, 3.05) is 6.54 Å². The Bertz CT molecular complexity index is 413. The highest BCUT2D eigenvalue weighted by atomic mass is 79.9. The maximum absolute atomic E-state index is 11.7. The number of hydrogen-bond acceptors (Lipinski definition) is 4. The van der Waals surface area contributed by atoms with E-state index in [2.05, 4.69) is 20.7 Å². The standard InChI is InChI=1S/C8H12BrNO3S2/c1-6(11)2-4-10-15(12,13)8-7(9)3-5-14-8/h3,5-6,10-11H,2,4H2,1H3. The molecule has 7 heteroatoms. The Morgan fingerprint density at radius 3 is 2.80 bits per heavy atom.